The van der Waals surface area contributed by atoms with Crippen molar-refractivity contribution in [1.82, 2.24) is 0 Å². The highest BCUT2D eigenvalue weighted by Crippen LogP contribution is 2.12. The molecule has 0 bridgehead atoms. The molecule has 0 spiro atoms. The fraction of sp³-hybridized carbons (Fsp3) is 0.722. The van der Waals surface area contributed by atoms with E-state index in [9.17, 15) is 4.79 Å². The van der Waals surface area contributed by atoms with Crippen LogP contribution in [-0.2, 0) is 14.4 Å². The quantitative estimate of drug-likeness (QED) is 0.264. The number of halogens is 1. The van der Waals surface area contributed by atoms with Crippen molar-refractivity contribution < 1.29 is 14.4 Å². The molecule has 0 saturated carbocycles. The summed E-state index contributed by atoms with van der Waals surface area (Å²) >= 11 is 3.13. The van der Waals surface area contributed by atoms with E-state index >= 15 is 0 Å². The summed E-state index contributed by atoms with van der Waals surface area (Å²) in [6.45, 7) is 15.5. The van der Waals surface area contributed by atoms with Gasteiger partial charge in [0, 0.05) is 25.2 Å². The van der Waals surface area contributed by atoms with Gasteiger partial charge in [-0.3, -0.25) is 9.79 Å². The van der Waals surface area contributed by atoms with Crippen molar-refractivity contribution in [2.75, 3.05) is 19.0 Å². The maximum atomic E-state index is 11.1. The van der Waals surface area contributed by atoms with Gasteiger partial charge in [0.2, 0.25) is 0 Å². The maximum Gasteiger partial charge on any atom is 0.305 e. The molecule has 1 unspecified atom stereocenters. The molecule has 1 atom stereocenters. The van der Waals surface area contributed by atoms with Crippen LogP contribution in [0.15, 0.2) is 22.8 Å². The zero-order valence-electron chi connectivity index (χ0n) is 16.4. The fourth-order valence-electron chi connectivity index (χ4n) is 1.32. The van der Waals surface area contributed by atoms with Gasteiger partial charge in [0.15, 0.2) is 6.10 Å². The monoisotopic (exact) mass is 406 g/mol. The fourth-order valence-corrected chi connectivity index (χ4v) is 1.32. The van der Waals surface area contributed by atoms with Gasteiger partial charge in [0.1, 0.15) is 12.3 Å². The number of carbonyl (C=O) groups excluding carboxylic acids is 1. The molecule has 0 aliphatic carbocycles. The Morgan fingerprint density at radius 2 is 2.00 bits per heavy atom. The SMILES string of the molecule is C=CCBr.CC.CC.CCCC(=O)OCC1CC(C(C)=NC)=NO1. The number of ether oxygens (including phenoxy) is 1. The molecule has 6 heteroatoms. The van der Waals surface area contributed by atoms with Crippen LogP contribution in [0, 0.1) is 0 Å². The topological polar surface area (TPSA) is 60.2 Å². The van der Waals surface area contributed by atoms with Gasteiger partial charge in [0.05, 0.1) is 5.71 Å². The van der Waals surface area contributed by atoms with Crippen LogP contribution < -0.4 is 0 Å². The van der Waals surface area contributed by atoms with Crippen molar-refractivity contribution in [3.63, 3.8) is 0 Å². The zero-order valence-corrected chi connectivity index (χ0v) is 18.0. The highest BCUT2D eigenvalue weighted by molar-refractivity contribution is 9.09. The molecule has 0 aromatic heterocycles. The van der Waals surface area contributed by atoms with Gasteiger partial charge < -0.3 is 9.57 Å². The molecule has 1 heterocycles. The van der Waals surface area contributed by atoms with E-state index in [0.29, 0.717) is 12.8 Å². The van der Waals surface area contributed by atoms with E-state index in [1.165, 1.54) is 0 Å². The number of esters is 1. The van der Waals surface area contributed by atoms with Crippen LogP contribution >= 0.6 is 15.9 Å². The average Bonchev–Trinajstić information content (AvgIpc) is 3.12. The number of allylic oxidation sites excluding steroid dienone is 1. The number of rotatable bonds is 6. The van der Waals surface area contributed by atoms with Gasteiger partial charge in [-0.2, -0.15) is 0 Å². The summed E-state index contributed by atoms with van der Waals surface area (Å²) < 4.78 is 5.05. The number of aliphatic imine (C=N–C) groups is 1. The Bertz CT molecular complexity index is 369. The highest BCUT2D eigenvalue weighted by Gasteiger charge is 2.23. The predicted molar refractivity (Wildman–Crippen MR) is 109 cm³/mol. The smallest absolute Gasteiger partial charge is 0.305 e. The summed E-state index contributed by atoms with van der Waals surface area (Å²) in [6, 6.07) is 0. The molecule has 1 aliphatic heterocycles. The second-order valence-corrected chi connectivity index (χ2v) is 4.80. The van der Waals surface area contributed by atoms with Crippen LogP contribution in [0.5, 0.6) is 0 Å². The Balaban J connectivity index is -0.000000471. The van der Waals surface area contributed by atoms with Crippen molar-refractivity contribution in [3.8, 4) is 0 Å². The Morgan fingerprint density at radius 1 is 1.46 bits per heavy atom. The number of carbonyl (C=O) groups is 1. The highest BCUT2D eigenvalue weighted by atomic mass is 79.9. The molecule has 0 radical (unpaired) electrons. The second-order valence-electron chi connectivity index (χ2n) is 4.15. The van der Waals surface area contributed by atoms with Gasteiger partial charge in [-0.1, -0.05) is 61.8 Å². The minimum absolute atomic E-state index is 0.160. The van der Waals surface area contributed by atoms with Crippen LogP contribution in [0.1, 0.15) is 60.8 Å². The molecule has 142 valence electrons. The molecule has 0 fully saturated rings. The third-order valence-electron chi connectivity index (χ3n) is 2.48. The molecular weight excluding hydrogens is 372 g/mol. The first-order chi connectivity index (χ1) is 11.6. The normalized spacial score (nSPS) is 15.1. The molecule has 1 aliphatic rings. The number of alkyl halides is 1. The first-order valence-electron chi connectivity index (χ1n) is 8.57. The number of nitrogens with zero attached hydrogens (tertiary/aromatic N) is 2. The maximum absolute atomic E-state index is 11.1. The largest absolute Gasteiger partial charge is 0.462 e. The summed E-state index contributed by atoms with van der Waals surface area (Å²) in [5, 5.41) is 4.80. The van der Waals surface area contributed by atoms with Crippen molar-refractivity contribution in [2.45, 2.75) is 66.9 Å². The molecule has 0 aromatic carbocycles. The van der Waals surface area contributed by atoms with Crippen LogP contribution in [-0.4, -0.2) is 42.5 Å². The minimum Gasteiger partial charge on any atom is -0.462 e. The van der Waals surface area contributed by atoms with Crippen molar-refractivity contribution >= 4 is 33.3 Å². The Hall–Kier alpha value is -1.17. The number of hydrogen-bond acceptors (Lipinski definition) is 5. The lowest BCUT2D eigenvalue weighted by molar-refractivity contribution is -0.147. The molecule has 1 rings (SSSR count). The van der Waals surface area contributed by atoms with Crippen molar-refractivity contribution in [3.05, 3.63) is 12.7 Å². The van der Waals surface area contributed by atoms with Crippen LogP contribution in [0.25, 0.3) is 0 Å². The van der Waals surface area contributed by atoms with E-state index in [-0.39, 0.29) is 18.7 Å². The predicted octanol–water partition coefficient (Wildman–Crippen LogP) is 5.19. The zero-order chi connectivity index (χ0) is 19.4. The van der Waals surface area contributed by atoms with Crippen LogP contribution in [0.3, 0.4) is 0 Å². The molecule has 24 heavy (non-hydrogen) atoms. The van der Waals surface area contributed by atoms with Crippen LogP contribution in [0.2, 0.25) is 0 Å². The Labute approximate surface area is 156 Å². The summed E-state index contributed by atoms with van der Waals surface area (Å²) in [6.07, 6.45) is 3.54. The lowest BCUT2D eigenvalue weighted by Crippen LogP contribution is -2.20. The van der Waals surface area contributed by atoms with E-state index in [0.717, 1.165) is 23.2 Å². The molecule has 0 amide bonds. The van der Waals surface area contributed by atoms with E-state index in [4.69, 9.17) is 9.57 Å². The van der Waals surface area contributed by atoms with Crippen LogP contribution in [0.4, 0.5) is 0 Å². The van der Waals surface area contributed by atoms with E-state index in [1.807, 2.05) is 41.5 Å². The molecular formula is C18H35BrN2O3. The van der Waals surface area contributed by atoms with E-state index in [2.05, 4.69) is 32.7 Å². The third-order valence-corrected chi connectivity index (χ3v) is 2.94. The summed E-state index contributed by atoms with van der Waals surface area (Å²) in [5.41, 5.74) is 1.70. The van der Waals surface area contributed by atoms with Crippen molar-refractivity contribution in [2.24, 2.45) is 10.1 Å². The molecule has 0 aromatic rings. The first kappa shape index (κ1) is 27.7. The van der Waals surface area contributed by atoms with Gasteiger partial charge in [-0.05, 0) is 13.3 Å². The Kier molecular flexibility index (Phi) is 25.2. The van der Waals surface area contributed by atoms with Gasteiger partial charge >= 0.3 is 5.97 Å². The minimum atomic E-state index is -0.180. The van der Waals surface area contributed by atoms with Gasteiger partial charge in [0.25, 0.3) is 0 Å². The standard InChI is InChI=1S/C11H18N2O3.C3H5Br.2C2H6/c1-4-5-11(14)15-7-9-6-10(13-16-9)8(2)12-3;1-2-3-4;2*1-2/h9H,4-7H2,1-3H3;2H,1,3H2;2*1-2H3. The summed E-state index contributed by atoms with van der Waals surface area (Å²) in [5.74, 6) is -0.180. The lowest BCUT2D eigenvalue weighted by atomic mass is 10.1. The Morgan fingerprint density at radius 3 is 2.42 bits per heavy atom. The lowest BCUT2D eigenvalue weighted by Gasteiger charge is -2.08. The molecule has 0 N–H and O–H groups in total. The average molecular weight is 407 g/mol. The van der Waals surface area contributed by atoms with Gasteiger partial charge in [-0.15, -0.1) is 6.58 Å². The third kappa shape index (κ3) is 15.7. The van der Waals surface area contributed by atoms with E-state index in [1.54, 1.807) is 13.1 Å². The number of oxime groups is 1. The van der Waals surface area contributed by atoms with Gasteiger partial charge in [-0.25, -0.2) is 0 Å². The van der Waals surface area contributed by atoms with Crippen molar-refractivity contribution in [1.29, 1.82) is 0 Å². The summed E-state index contributed by atoms with van der Waals surface area (Å²) in [7, 11) is 1.71. The first-order valence-corrected chi connectivity index (χ1v) is 9.70. The second kappa shape index (κ2) is 21.8. The number of hydrogen-bond donors (Lipinski definition) is 0. The molecule has 5 nitrogen and oxygen atoms in total. The van der Waals surface area contributed by atoms with E-state index < -0.39 is 0 Å². The molecule has 0 saturated heterocycles. The summed E-state index contributed by atoms with van der Waals surface area (Å²) in [4.78, 5) is 20.3.